The lowest BCUT2D eigenvalue weighted by Gasteiger charge is -2.06. The van der Waals surface area contributed by atoms with Crippen LogP contribution in [0.3, 0.4) is 0 Å². The summed E-state index contributed by atoms with van der Waals surface area (Å²) >= 11 is 1.37. The van der Waals surface area contributed by atoms with Crippen molar-refractivity contribution >= 4 is 22.4 Å². The first kappa shape index (κ1) is 14.3. The zero-order chi connectivity index (χ0) is 15.5. The molecule has 0 aromatic carbocycles. The Hall–Kier alpha value is -2.67. The van der Waals surface area contributed by atoms with Gasteiger partial charge in [0.1, 0.15) is 5.69 Å². The smallest absolute Gasteiger partial charge is 0.277 e. The van der Waals surface area contributed by atoms with Gasteiger partial charge in [0.2, 0.25) is 0 Å². The summed E-state index contributed by atoms with van der Waals surface area (Å²) in [5.41, 5.74) is 3.61. The van der Waals surface area contributed by atoms with E-state index in [4.69, 9.17) is 0 Å². The van der Waals surface area contributed by atoms with Crippen LogP contribution in [-0.4, -0.2) is 25.8 Å². The number of aryl methyl sites for hydroxylation is 2. The number of pyridine rings is 1. The number of nitrogens with one attached hydrogen (secondary N) is 1. The first-order valence-electron chi connectivity index (χ1n) is 6.60. The molecule has 1 amide bonds. The molecule has 7 heteroatoms. The Morgan fingerprint density at radius 1 is 1.14 bits per heavy atom. The van der Waals surface area contributed by atoms with E-state index >= 15 is 0 Å². The molecule has 0 atom stereocenters. The van der Waals surface area contributed by atoms with Crippen molar-refractivity contribution < 1.29 is 4.79 Å². The van der Waals surface area contributed by atoms with Gasteiger partial charge in [-0.3, -0.25) is 20.1 Å². The van der Waals surface area contributed by atoms with Crippen molar-refractivity contribution in [1.82, 2.24) is 19.9 Å². The maximum absolute atomic E-state index is 12.2. The van der Waals surface area contributed by atoms with Crippen molar-refractivity contribution in [3.8, 4) is 11.3 Å². The van der Waals surface area contributed by atoms with Gasteiger partial charge in [-0.1, -0.05) is 0 Å². The Bertz CT molecular complexity index is 830. The van der Waals surface area contributed by atoms with Crippen LogP contribution in [0.1, 0.15) is 21.7 Å². The summed E-state index contributed by atoms with van der Waals surface area (Å²) < 4.78 is 0. The molecular formula is C15H13N5OS. The molecule has 3 heterocycles. The number of hydrogen-bond donors (Lipinski definition) is 1. The molecule has 0 aliphatic rings. The Kier molecular flexibility index (Phi) is 3.88. The molecule has 0 saturated heterocycles. The first-order chi connectivity index (χ1) is 10.6. The molecule has 22 heavy (non-hydrogen) atoms. The van der Waals surface area contributed by atoms with E-state index < -0.39 is 0 Å². The molecule has 3 rings (SSSR count). The van der Waals surface area contributed by atoms with Crippen molar-refractivity contribution in [2.45, 2.75) is 13.8 Å². The van der Waals surface area contributed by atoms with Crippen molar-refractivity contribution in [3.05, 3.63) is 53.2 Å². The molecule has 0 fully saturated rings. The Morgan fingerprint density at radius 3 is 2.73 bits per heavy atom. The lowest BCUT2D eigenvalue weighted by Crippen LogP contribution is -2.14. The maximum Gasteiger partial charge on any atom is 0.277 e. The van der Waals surface area contributed by atoms with E-state index in [1.165, 1.54) is 17.5 Å². The van der Waals surface area contributed by atoms with Crippen LogP contribution in [-0.2, 0) is 0 Å². The summed E-state index contributed by atoms with van der Waals surface area (Å²) in [4.78, 5) is 29.0. The second-order valence-electron chi connectivity index (χ2n) is 4.73. The third-order valence-corrected chi connectivity index (χ3v) is 3.90. The van der Waals surface area contributed by atoms with E-state index in [1.54, 1.807) is 18.6 Å². The topological polar surface area (TPSA) is 80.7 Å². The van der Waals surface area contributed by atoms with Crippen LogP contribution >= 0.6 is 11.3 Å². The molecule has 1 N–H and O–H groups in total. The summed E-state index contributed by atoms with van der Waals surface area (Å²) in [7, 11) is 0. The van der Waals surface area contributed by atoms with E-state index in [9.17, 15) is 4.79 Å². The van der Waals surface area contributed by atoms with Gasteiger partial charge >= 0.3 is 0 Å². The van der Waals surface area contributed by atoms with E-state index in [1.807, 2.05) is 25.3 Å². The van der Waals surface area contributed by atoms with Crippen LogP contribution in [0, 0.1) is 13.8 Å². The number of carbonyl (C=O) groups excluding carboxylic acids is 1. The molecule has 0 saturated carbocycles. The number of anilines is 1. The van der Waals surface area contributed by atoms with Gasteiger partial charge in [-0.25, -0.2) is 9.97 Å². The fraction of sp³-hybridized carbons (Fsp3) is 0.133. The highest BCUT2D eigenvalue weighted by Crippen LogP contribution is 2.20. The van der Waals surface area contributed by atoms with E-state index in [-0.39, 0.29) is 11.6 Å². The van der Waals surface area contributed by atoms with Gasteiger partial charge in [-0.2, -0.15) is 0 Å². The monoisotopic (exact) mass is 311 g/mol. The molecule has 110 valence electrons. The SMILES string of the molecule is Cc1csc(NC(=O)c2cncc(-c3cnccc3C)n2)n1. The van der Waals surface area contributed by atoms with Crippen LogP contribution in [0.5, 0.6) is 0 Å². The molecule has 0 bridgehead atoms. The summed E-state index contributed by atoms with van der Waals surface area (Å²) in [6.45, 7) is 3.83. The molecule has 0 aliphatic heterocycles. The normalized spacial score (nSPS) is 10.5. The zero-order valence-corrected chi connectivity index (χ0v) is 12.9. The molecule has 0 aliphatic carbocycles. The Morgan fingerprint density at radius 2 is 2.00 bits per heavy atom. The van der Waals surface area contributed by atoms with Gasteiger partial charge < -0.3 is 0 Å². The minimum absolute atomic E-state index is 0.244. The van der Waals surface area contributed by atoms with Crippen molar-refractivity contribution in [1.29, 1.82) is 0 Å². The number of rotatable bonds is 3. The highest BCUT2D eigenvalue weighted by molar-refractivity contribution is 7.13. The average molecular weight is 311 g/mol. The number of nitrogens with zero attached hydrogens (tertiary/aromatic N) is 4. The van der Waals surface area contributed by atoms with Crippen LogP contribution in [0.15, 0.2) is 36.2 Å². The molecule has 0 unspecified atom stereocenters. The third kappa shape index (κ3) is 2.99. The second kappa shape index (κ2) is 5.98. The van der Waals surface area contributed by atoms with Crippen LogP contribution in [0.2, 0.25) is 0 Å². The van der Waals surface area contributed by atoms with E-state index in [0.717, 1.165) is 16.8 Å². The quantitative estimate of drug-likeness (QED) is 0.804. The largest absolute Gasteiger partial charge is 0.296 e. The van der Waals surface area contributed by atoms with Crippen LogP contribution < -0.4 is 5.32 Å². The minimum atomic E-state index is -0.328. The minimum Gasteiger partial charge on any atom is -0.296 e. The highest BCUT2D eigenvalue weighted by Gasteiger charge is 2.12. The number of carbonyl (C=O) groups is 1. The predicted molar refractivity (Wildman–Crippen MR) is 84.8 cm³/mol. The molecule has 0 spiro atoms. The number of aromatic nitrogens is 4. The maximum atomic E-state index is 12.2. The van der Waals surface area contributed by atoms with Crippen molar-refractivity contribution in [2.24, 2.45) is 0 Å². The van der Waals surface area contributed by atoms with Gasteiger partial charge in [-0.15, -0.1) is 11.3 Å². The average Bonchev–Trinajstić information content (AvgIpc) is 2.93. The van der Waals surface area contributed by atoms with E-state index in [0.29, 0.717) is 10.8 Å². The van der Waals surface area contributed by atoms with Crippen LogP contribution in [0.4, 0.5) is 5.13 Å². The molecule has 0 radical (unpaired) electrons. The number of hydrogen-bond acceptors (Lipinski definition) is 6. The van der Waals surface area contributed by atoms with Crippen molar-refractivity contribution in [2.75, 3.05) is 5.32 Å². The highest BCUT2D eigenvalue weighted by atomic mass is 32.1. The first-order valence-corrected chi connectivity index (χ1v) is 7.48. The summed E-state index contributed by atoms with van der Waals surface area (Å²) in [5, 5.41) is 5.14. The lowest BCUT2D eigenvalue weighted by molar-refractivity contribution is 0.102. The fourth-order valence-electron chi connectivity index (χ4n) is 1.91. The molecular weight excluding hydrogens is 298 g/mol. The molecule has 3 aromatic heterocycles. The molecule has 3 aromatic rings. The number of amides is 1. The standard InChI is InChI=1S/C15H13N5OS/c1-9-3-4-16-5-11(9)12-6-17-7-13(19-12)14(21)20-15-18-10(2)8-22-15/h3-8H,1-2H3,(H,18,20,21). The summed E-state index contributed by atoms with van der Waals surface area (Å²) in [6, 6.07) is 1.89. The molecule has 6 nitrogen and oxygen atoms in total. The fourth-order valence-corrected chi connectivity index (χ4v) is 2.59. The Balaban J connectivity index is 1.88. The lowest BCUT2D eigenvalue weighted by atomic mass is 10.1. The van der Waals surface area contributed by atoms with Crippen LogP contribution in [0.25, 0.3) is 11.3 Å². The zero-order valence-electron chi connectivity index (χ0n) is 12.1. The number of thiazole rings is 1. The second-order valence-corrected chi connectivity index (χ2v) is 5.59. The summed E-state index contributed by atoms with van der Waals surface area (Å²) in [6.07, 6.45) is 6.48. The van der Waals surface area contributed by atoms with Gasteiger partial charge in [0.05, 0.1) is 23.8 Å². The summed E-state index contributed by atoms with van der Waals surface area (Å²) in [5.74, 6) is -0.328. The predicted octanol–water partition coefficient (Wildman–Crippen LogP) is 2.86. The van der Waals surface area contributed by atoms with Gasteiger partial charge in [0.25, 0.3) is 5.91 Å². The van der Waals surface area contributed by atoms with Gasteiger partial charge in [0.15, 0.2) is 5.13 Å². The third-order valence-electron chi connectivity index (χ3n) is 3.02. The Labute approximate surface area is 131 Å². The van der Waals surface area contributed by atoms with Gasteiger partial charge in [-0.05, 0) is 25.5 Å². The van der Waals surface area contributed by atoms with Gasteiger partial charge in [0, 0.05) is 23.3 Å². The van der Waals surface area contributed by atoms with E-state index in [2.05, 4.69) is 25.3 Å². The van der Waals surface area contributed by atoms with Crippen molar-refractivity contribution in [3.63, 3.8) is 0 Å².